The summed E-state index contributed by atoms with van der Waals surface area (Å²) in [6, 6.07) is 0. The number of pyridine rings is 2. The molecule has 0 aliphatic carbocycles. The van der Waals surface area contributed by atoms with Gasteiger partial charge in [0.2, 0.25) is 0 Å². The van der Waals surface area contributed by atoms with Crippen LogP contribution in [0, 0.1) is 51.0 Å². The second-order valence-corrected chi connectivity index (χ2v) is 14.9. The smallest absolute Gasteiger partial charge is 0.263 e. The van der Waals surface area contributed by atoms with Crippen LogP contribution in [-0.2, 0) is 19.1 Å². The van der Waals surface area contributed by atoms with Crippen molar-refractivity contribution in [2.75, 3.05) is 22.1 Å². The molecule has 0 fully saturated rings. The van der Waals surface area contributed by atoms with Gasteiger partial charge in [-0.05, 0) is 48.5 Å². The summed E-state index contributed by atoms with van der Waals surface area (Å²) in [4.78, 5) is 37.3. The number of nitrogens with one attached hydrogen (secondary N) is 2. The van der Waals surface area contributed by atoms with Crippen LogP contribution >= 0.6 is 0 Å². The van der Waals surface area contributed by atoms with Gasteiger partial charge in [-0.25, -0.2) is 46.5 Å². The van der Waals surface area contributed by atoms with E-state index in [0.717, 1.165) is 34.6 Å². The number of nitrogen functional groups attached to an aromatic ring is 2. The first-order valence-corrected chi connectivity index (χ1v) is 18.3. The minimum atomic E-state index is -0.683. The average molecular weight is 825 g/mol. The van der Waals surface area contributed by atoms with Crippen LogP contribution in [0.15, 0.2) is 49.7 Å². The Labute approximate surface area is 339 Å². The van der Waals surface area contributed by atoms with Gasteiger partial charge in [0.25, 0.3) is 5.91 Å². The number of nitrogens with zero attached hydrogens (tertiary/aromatic N) is 12. The van der Waals surface area contributed by atoms with E-state index < -0.39 is 29.2 Å². The maximum Gasteiger partial charge on any atom is 0.263 e. The lowest BCUT2D eigenvalue weighted by Crippen LogP contribution is -2.24. The number of hydrogen-bond donors (Lipinski definition) is 4. The predicted octanol–water partition coefficient (Wildman–Crippen LogP) is 6.09. The van der Waals surface area contributed by atoms with Gasteiger partial charge in [-0.3, -0.25) is 14.8 Å². The molecule has 0 radical (unpaired) electrons. The van der Waals surface area contributed by atoms with E-state index in [0.29, 0.717) is 39.5 Å². The van der Waals surface area contributed by atoms with Gasteiger partial charge in [-0.15, -0.1) is 10.2 Å². The Morgan fingerprint density at radius 2 is 1.48 bits per heavy atom. The topological polar surface area (TPSA) is 215 Å². The SMILES string of the molecule is Cc1nc2c(CNc3cncc(F)c3-c3c(C)nc(C)n3C(C)(C)C)c(N)nn2c(C)c1F.Cn1cncc1-c1c(F)cncc1NC(=O)c1c(N)nn2cc(F)cnc12. The minimum absolute atomic E-state index is 0.0600. The number of amides is 1. The number of fused-ring (bicyclic) bond motifs is 2. The van der Waals surface area contributed by atoms with Crippen molar-refractivity contribution in [3.8, 4) is 22.5 Å². The van der Waals surface area contributed by atoms with E-state index in [1.807, 2.05) is 39.2 Å². The third-order valence-corrected chi connectivity index (χ3v) is 9.61. The van der Waals surface area contributed by atoms with Crippen LogP contribution < -0.4 is 22.1 Å². The summed E-state index contributed by atoms with van der Waals surface area (Å²) in [5.74, 6) is -1.97. The number of imidazole rings is 2. The van der Waals surface area contributed by atoms with Crippen molar-refractivity contribution in [2.24, 2.45) is 7.05 Å². The Bertz CT molecular complexity index is 2960. The van der Waals surface area contributed by atoms with Crippen molar-refractivity contribution < 1.29 is 22.4 Å². The monoisotopic (exact) mass is 824 g/mol. The maximum absolute atomic E-state index is 15.2. The van der Waals surface area contributed by atoms with E-state index in [1.54, 1.807) is 31.7 Å². The molecule has 0 saturated heterocycles. The average Bonchev–Trinajstić information content (AvgIpc) is 3.91. The summed E-state index contributed by atoms with van der Waals surface area (Å²) in [5, 5.41) is 13.9. The number of hydrogen-bond acceptors (Lipinski definition) is 12. The molecule has 17 nitrogen and oxygen atoms in total. The van der Waals surface area contributed by atoms with Crippen LogP contribution in [0.3, 0.4) is 0 Å². The van der Waals surface area contributed by atoms with E-state index in [-0.39, 0.29) is 51.9 Å². The van der Waals surface area contributed by atoms with E-state index in [1.165, 1.54) is 29.4 Å². The lowest BCUT2D eigenvalue weighted by molar-refractivity contribution is 0.102. The summed E-state index contributed by atoms with van der Waals surface area (Å²) >= 11 is 0. The van der Waals surface area contributed by atoms with E-state index >= 15 is 4.39 Å². The van der Waals surface area contributed by atoms with Gasteiger partial charge in [0.15, 0.2) is 46.2 Å². The fourth-order valence-corrected chi connectivity index (χ4v) is 7.04. The normalized spacial score (nSPS) is 11.6. The molecule has 60 heavy (non-hydrogen) atoms. The van der Waals surface area contributed by atoms with Gasteiger partial charge >= 0.3 is 0 Å². The Kier molecular flexibility index (Phi) is 10.4. The highest BCUT2D eigenvalue weighted by atomic mass is 19.1. The van der Waals surface area contributed by atoms with Crippen molar-refractivity contribution in [2.45, 2.75) is 60.5 Å². The highest BCUT2D eigenvalue weighted by Gasteiger charge is 2.28. The summed E-state index contributed by atoms with van der Waals surface area (Å²) in [7, 11) is 1.69. The molecule has 8 heterocycles. The molecule has 0 atom stereocenters. The van der Waals surface area contributed by atoms with Gasteiger partial charge in [-0.2, -0.15) is 0 Å². The van der Waals surface area contributed by atoms with Crippen LogP contribution in [0.2, 0.25) is 0 Å². The molecule has 0 bridgehead atoms. The quantitative estimate of drug-likeness (QED) is 0.135. The molecule has 1 amide bonds. The van der Waals surface area contributed by atoms with E-state index in [4.69, 9.17) is 11.5 Å². The molecular formula is C39H40F4N16O. The first-order chi connectivity index (χ1) is 28.4. The first kappa shape index (κ1) is 40.7. The Balaban J connectivity index is 0.000000185. The third-order valence-electron chi connectivity index (χ3n) is 9.61. The number of anilines is 4. The number of aryl methyl sites for hydroxylation is 5. The molecule has 8 aromatic rings. The van der Waals surface area contributed by atoms with Crippen LogP contribution in [-0.4, -0.2) is 64.2 Å². The number of rotatable bonds is 7. The molecular weight excluding hydrogens is 785 g/mol. The zero-order valence-electron chi connectivity index (χ0n) is 33.8. The molecule has 21 heteroatoms. The van der Waals surface area contributed by atoms with Crippen LogP contribution in [0.25, 0.3) is 33.8 Å². The van der Waals surface area contributed by atoms with E-state index in [9.17, 15) is 18.0 Å². The number of nitrogens with two attached hydrogens (primary N) is 2. The highest BCUT2D eigenvalue weighted by molar-refractivity contribution is 6.12. The van der Waals surface area contributed by atoms with Crippen molar-refractivity contribution in [3.63, 3.8) is 0 Å². The first-order valence-electron chi connectivity index (χ1n) is 18.3. The Hall–Kier alpha value is -7.45. The maximum atomic E-state index is 15.2. The Morgan fingerprint density at radius 3 is 2.15 bits per heavy atom. The van der Waals surface area contributed by atoms with Crippen molar-refractivity contribution in [1.82, 2.24) is 58.3 Å². The van der Waals surface area contributed by atoms with Crippen molar-refractivity contribution >= 4 is 40.2 Å². The molecule has 8 rings (SSSR count). The molecule has 0 saturated carbocycles. The summed E-state index contributed by atoms with van der Waals surface area (Å²) in [5.41, 5.74) is 16.2. The Morgan fingerprint density at radius 1 is 0.800 bits per heavy atom. The van der Waals surface area contributed by atoms with Crippen molar-refractivity contribution in [1.29, 1.82) is 0 Å². The second kappa shape index (κ2) is 15.4. The van der Waals surface area contributed by atoms with Gasteiger partial charge in [-0.1, -0.05) is 0 Å². The molecule has 0 spiro atoms. The second-order valence-electron chi connectivity index (χ2n) is 14.9. The van der Waals surface area contributed by atoms with E-state index in [2.05, 4.69) is 50.7 Å². The largest absolute Gasteiger partial charge is 0.382 e. The molecule has 0 aromatic carbocycles. The summed E-state index contributed by atoms with van der Waals surface area (Å²) in [6.07, 6.45) is 10.0. The van der Waals surface area contributed by atoms with Gasteiger partial charge < -0.3 is 31.2 Å². The molecule has 0 unspecified atom stereocenters. The number of carbonyl (C=O) groups is 1. The van der Waals surface area contributed by atoms with Gasteiger partial charge in [0.1, 0.15) is 11.4 Å². The van der Waals surface area contributed by atoms with Crippen molar-refractivity contribution in [3.05, 3.63) is 107 Å². The number of aromatic nitrogens is 12. The number of carbonyl (C=O) groups excluding carboxylic acids is 1. The highest BCUT2D eigenvalue weighted by Crippen LogP contribution is 2.37. The van der Waals surface area contributed by atoms with Crippen LogP contribution in [0.4, 0.5) is 40.6 Å². The lowest BCUT2D eigenvalue weighted by atomic mass is 10.0. The zero-order chi connectivity index (χ0) is 43.4. The standard InChI is InChI=1S/C23H28F2N8.C16H12F2N8O/c1-11-19(25)13(3)33-22(30-11)15(21(26)31-33)8-28-17-10-27-9-16(24)18(17)20-12(2)29-14(4)32(20)23(5,6)7;1-25-7-21-5-11(25)12-9(18)3-20-4-10(12)23-16(27)13-14(19)24-26-6-8(17)2-22-15(13)26/h9-10,28H,8H2,1-7H3,(H2,26,31);2-7H,1H3,(H2,19,24)(H,23,27). The van der Waals surface area contributed by atoms with Crippen LogP contribution in [0.5, 0.6) is 0 Å². The predicted molar refractivity (Wildman–Crippen MR) is 216 cm³/mol. The molecule has 0 aliphatic rings. The number of halogens is 4. The molecule has 8 aromatic heterocycles. The fraction of sp³-hybridized carbons (Fsp3) is 0.256. The third kappa shape index (κ3) is 7.28. The van der Waals surface area contributed by atoms with Gasteiger partial charge in [0.05, 0.1) is 106 Å². The summed E-state index contributed by atoms with van der Waals surface area (Å²) in [6.45, 7) is 13.3. The minimum Gasteiger partial charge on any atom is -0.382 e. The zero-order valence-corrected chi connectivity index (χ0v) is 33.8. The molecule has 0 aliphatic heterocycles. The molecule has 6 N–H and O–H groups in total. The summed E-state index contributed by atoms with van der Waals surface area (Å²) < 4.78 is 63.3. The lowest BCUT2D eigenvalue weighted by Gasteiger charge is -2.26. The van der Waals surface area contributed by atoms with Crippen LogP contribution in [0.1, 0.15) is 59.6 Å². The molecule has 310 valence electrons. The fourth-order valence-electron chi connectivity index (χ4n) is 7.04. The van der Waals surface area contributed by atoms with Gasteiger partial charge in [0, 0.05) is 19.1 Å².